The average molecular weight is 322 g/mol. The molecule has 0 bridgehead atoms. The van der Waals surface area contributed by atoms with E-state index in [0.29, 0.717) is 31.2 Å². The normalized spacial score (nSPS) is 24.7. The highest BCUT2D eigenvalue weighted by atomic mass is 16.5. The third-order valence-electron chi connectivity index (χ3n) is 3.95. The summed E-state index contributed by atoms with van der Waals surface area (Å²) in [5.74, 6) is -0.107. The fourth-order valence-electron chi connectivity index (χ4n) is 2.83. The van der Waals surface area contributed by atoms with Crippen LogP contribution < -0.4 is 0 Å². The third kappa shape index (κ3) is 4.73. The quantitative estimate of drug-likeness (QED) is 0.840. The number of aliphatic hydroxyl groups is 2. The largest absolute Gasteiger partial charge is 0.390 e. The van der Waals surface area contributed by atoms with Crippen molar-refractivity contribution in [3.05, 3.63) is 29.6 Å². The van der Waals surface area contributed by atoms with E-state index >= 15 is 0 Å². The molecule has 1 fully saturated rings. The lowest BCUT2D eigenvalue weighted by Gasteiger charge is -2.36. The van der Waals surface area contributed by atoms with Gasteiger partial charge in [0.2, 0.25) is 0 Å². The van der Waals surface area contributed by atoms with E-state index in [1.54, 1.807) is 17.3 Å². The van der Waals surface area contributed by atoms with Crippen LogP contribution in [-0.4, -0.2) is 64.5 Å². The highest BCUT2D eigenvalue weighted by Gasteiger charge is 2.33. The van der Waals surface area contributed by atoms with Gasteiger partial charge in [-0.3, -0.25) is 9.78 Å². The first-order valence-electron chi connectivity index (χ1n) is 8.03. The van der Waals surface area contributed by atoms with Crippen LogP contribution in [0.1, 0.15) is 29.8 Å². The molecule has 1 aliphatic heterocycles. The van der Waals surface area contributed by atoms with Gasteiger partial charge in [-0.1, -0.05) is 13.8 Å². The van der Waals surface area contributed by atoms with Crippen LogP contribution in [-0.2, 0) is 4.74 Å². The fourth-order valence-corrected chi connectivity index (χ4v) is 2.83. The van der Waals surface area contributed by atoms with E-state index in [1.165, 1.54) is 0 Å². The molecule has 1 aromatic rings. The van der Waals surface area contributed by atoms with Gasteiger partial charge < -0.3 is 19.8 Å². The zero-order chi connectivity index (χ0) is 17.0. The maximum atomic E-state index is 12.8. The molecule has 0 saturated carbocycles. The second-order valence-corrected chi connectivity index (χ2v) is 6.71. The second-order valence-electron chi connectivity index (χ2n) is 6.71. The number of hydrogen-bond donors (Lipinski definition) is 2. The molecular weight excluding hydrogens is 296 g/mol. The Balaban J connectivity index is 2.14. The van der Waals surface area contributed by atoms with E-state index < -0.39 is 12.2 Å². The lowest BCUT2D eigenvalue weighted by Crippen LogP contribution is -2.50. The number of aliphatic hydroxyl groups excluding tert-OH is 2. The van der Waals surface area contributed by atoms with Gasteiger partial charge in [0, 0.05) is 31.4 Å². The summed E-state index contributed by atoms with van der Waals surface area (Å²) in [6.07, 6.45) is 1.50. The zero-order valence-electron chi connectivity index (χ0n) is 14.0. The number of amides is 1. The molecule has 1 saturated heterocycles. The van der Waals surface area contributed by atoms with Crippen LogP contribution in [0.2, 0.25) is 0 Å². The Labute approximate surface area is 137 Å². The van der Waals surface area contributed by atoms with E-state index in [2.05, 4.69) is 4.98 Å². The predicted molar refractivity (Wildman–Crippen MR) is 86.0 cm³/mol. The van der Waals surface area contributed by atoms with Crippen LogP contribution in [0.3, 0.4) is 0 Å². The van der Waals surface area contributed by atoms with Crippen LogP contribution in [0.4, 0.5) is 0 Å². The number of hydrogen-bond acceptors (Lipinski definition) is 5. The lowest BCUT2D eigenvalue weighted by atomic mass is 9.95. The maximum Gasteiger partial charge on any atom is 0.255 e. The van der Waals surface area contributed by atoms with Gasteiger partial charge in [0.25, 0.3) is 5.91 Å². The van der Waals surface area contributed by atoms with Crippen molar-refractivity contribution in [2.24, 2.45) is 11.8 Å². The van der Waals surface area contributed by atoms with Crippen LogP contribution in [0, 0.1) is 18.8 Å². The van der Waals surface area contributed by atoms with Crippen molar-refractivity contribution < 1.29 is 19.7 Å². The topological polar surface area (TPSA) is 82.9 Å². The Bertz CT molecular complexity index is 535. The Morgan fingerprint density at radius 3 is 2.78 bits per heavy atom. The Morgan fingerprint density at radius 2 is 2.13 bits per heavy atom. The van der Waals surface area contributed by atoms with Crippen molar-refractivity contribution in [2.75, 3.05) is 26.3 Å². The van der Waals surface area contributed by atoms with Crippen LogP contribution in [0.25, 0.3) is 0 Å². The molecule has 2 heterocycles. The van der Waals surface area contributed by atoms with Crippen molar-refractivity contribution in [3.63, 3.8) is 0 Å². The van der Waals surface area contributed by atoms with Gasteiger partial charge >= 0.3 is 0 Å². The van der Waals surface area contributed by atoms with E-state index in [-0.39, 0.29) is 18.4 Å². The van der Waals surface area contributed by atoms with Crippen molar-refractivity contribution in [1.29, 1.82) is 0 Å². The summed E-state index contributed by atoms with van der Waals surface area (Å²) in [4.78, 5) is 18.6. The summed E-state index contributed by atoms with van der Waals surface area (Å²) >= 11 is 0. The number of aromatic nitrogens is 1. The van der Waals surface area contributed by atoms with Crippen molar-refractivity contribution in [1.82, 2.24) is 9.88 Å². The van der Waals surface area contributed by atoms with Gasteiger partial charge in [-0.05, 0) is 24.5 Å². The SMILES string of the molecule is Cc1cncc(C(=O)N(CC(C)C)C[C@@H]2COC[C@@H](O)[C@H]2O)c1. The third-order valence-corrected chi connectivity index (χ3v) is 3.95. The van der Waals surface area contributed by atoms with Gasteiger partial charge in [0.15, 0.2) is 0 Å². The molecule has 6 nitrogen and oxygen atoms in total. The van der Waals surface area contributed by atoms with Crippen molar-refractivity contribution in [2.45, 2.75) is 33.0 Å². The highest BCUT2D eigenvalue weighted by Crippen LogP contribution is 2.19. The molecule has 1 aromatic heterocycles. The summed E-state index contributed by atoms with van der Waals surface area (Å²) < 4.78 is 5.31. The molecule has 2 N–H and O–H groups in total. The Morgan fingerprint density at radius 1 is 1.39 bits per heavy atom. The number of rotatable bonds is 5. The van der Waals surface area contributed by atoms with E-state index in [1.807, 2.05) is 26.8 Å². The zero-order valence-corrected chi connectivity index (χ0v) is 14.0. The first-order valence-corrected chi connectivity index (χ1v) is 8.03. The number of carbonyl (C=O) groups is 1. The van der Waals surface area contributed by atoms with Crippen molar-refractivity contribution in [3.8, 4) is 0 Å². The molecule has 0 aromatic carbocycles. The minimum Gasteiger partial charge on any atom is -0.390 e. The summed E-state index contributed by atoms with van der Waals surface area (Å²) in [7, 11) is 0. The lowest BCUT2D eigenvalue weighted by molar-refractivity contribution is -0.124. The van der Waals surface area contributed by atoms with E-state index in [4.69, 9.17) is 4.74 Å². The minimum atomic E-state index is -0.898. The van der Waals surface area contributed by atoms with Gasteiger partial charge in [0.05, 0.1) is 24.9 Å². The summed E-state index contributed by atoms with van der Waals surface area (Å²) in [5, 5.41) is 19.9. The molecule has 2 rings (SSSR count). The minimum absolute atomic E-state index is 0.109. The molecule has 6 heteroatoms. The summed E-state index contributed by atoms with van der Waals surface area (Å²) in [5.41, 5.74) is 1.47. The summed E-state index contributed by atoms with van der Waals surface area (Å²) in [6, 6.07) is 1.81. The molecule has 23 heavy (non-hydrogen) atoms. The first kappa shape index (κ1) is 17.8. The Kier molecular flexibility index (Phi) is 6.10. The number of pyridine rings is 1. The first-order chi connectivity index (χ1) is 10.9. The fraction of sp³-hybridized carbons (Fsp3) is 0.647. The monoisotopic (exact) mass is 322 g/mol. The van der Waals surface area contributed by atoms with Gasteiger partial charge in [-0.25, -0.2) is 0 Å². The average Bonchev–Trinajstić information content (AvgIpc) is 2.50. The van der Waals surface area contributed by atoms with Gasteiger partial charge in [-0.2, -0.15) is 0 Å². The molecule has 0 spiro atoms. The summed E-state index contributed by atoms with van der Waals surface area (Å²) in [6.45, 7) is 7.37. The molecular formula is C17H26N2O4. The maximum absolute atomic E-state index is 12.8. The molecule has 1 aliphatic rings. The van der Waals surface area contributed by atoms with Crippen LogP contribution in [0.15, 0.2) is 18.5 Å². The van der Waals surface area contributed by atoms with E-state index in [9.17, 15) is 15.0 Å². The molecule has 0 radical (unpaired) electrons. The Hall–Kier alpha value is -1.50. The standard InChI is InChI=1S/C17H26N2O4/c1-11(2)7-19(8-14-9-23-10-15(20)16(14)21)17(22)13-4-12(3)5-18-6-13/h4-6,11,14-16,20-21H,7-10H2,1-3H3/t14-,15-,16+/m1/s1. The molecule has 0 aliphatic carbocycles. The number of carbonyl (C=O) groups excluding carboxylic acids is 1. The molecule has 0 unspecified atom stereocenters. The number of aryl methyl sites for hydroxylation is 1. The number of ether oxygens (including phenoxy) is 1. The smallest absolute Gasteiger partial charge is 0.255 e. The second kappa shape index (κ2) is 7.86. The predicted octanol–water partition coefficient (Wildman–Crippen LogP) is 0.856. The van der Waals surface area contributed by atoms with Gasteiger partial charge in [0.1, 0.15) is 6.10 Å². The number of nitrogens with zero attached hydrogens (tertiary/aromatic N) is 2. The molecule has 128 valence electrons. The van der Waals surface area contributed by atoms with Crippen LogP contribution in [0.5, 0.6) is 0 Å². The van der Waals surface area contributed by atoms with E-state index in [0.717, 1.165) is 5.56 Å². The molecule has 1 amide bonds. The molecule has 3 atom stereocenters. The van der Waals surface area contributed by atoms with Crippen LogP contribution >= 0.6 is 0 Å². The highest BCUT2D eigenvalue weighted by molar-refractivity contribution is 5.94. The van der Waals surface area contributed by atoms with Gasteiger partial charge in [-0.15, -0.1) is 0 Å². The van der Waals surface area contributed by atoms with Crippen molar-refractivity contribution >= 4 is 5.91 Å².